The molecule has 5 nitrogen and oxygen atoms in total. The molecule has 0 saturated heterocycles. The van der Waals surface area contributed by atoms with Gasteiger partial charge in [-0.25, -0.2) is 4.79 Å². The molecule has 0 radical (unpaired) electrons. The average molecular weight is 430 g/mol. The van der Waals surface area contributed by atoms with Crippen LogP contribution in [0.15, 0.2) is 78.0 Å². The van der Waals surface area contributed by atoms with Crippen LogP contribution >= 0.6 is 0 Å². The van der Waals surface area contributed by atoms with Gasteiger partial charge in [-0.05, 0) is 41.2 Å². The molecule has 1 aliphatic carbocycles. The lowest BCUT2D eigenvalue weighted by Gasteiger charge is -2.24. The average Bonchev–Trinajstić information content (AvgIpc) is 3.14. The second-order valence-corrected chi connectivity index (χ2v) is 7.99. The van der Waals surface area contributed by atoms with Gasteiger partial charge in [0.25, 0.3) is 0 Å². The number of esters is 1. The Bertz CT molecular complexity index is 1120. The maximum absolute atomic E-state index is 11.3. The van der Waals surface area contributed by atoms with E-state index < -0.39 is 5.97 Å². The number of hydrogen-bond acceptors (Lipinski definition) is 5. The van der Waals surface area contributed by atoms with Crippen molar-refractivity contribution in [1.29, 1.82) is 0 Å². The fraction of sp³-hybridized carbons (Fsp3) is 0.259. The summed E-state index contributed by atoms with van der Waals surface area (Å²) in [4.78, 5) is 15.8. The molecule has 5 heteroatoms. The summed E-state index contributed by atoms with van der Waals surface area (Å²) in [5.74, 6) is 1.81. The number of benzene rings is 3. The summed E-state index contributed by atoms with van der Waals surface area (Å²) in [5.41, 5.74) is 6.69. The lowest BCUT2D eigenvalue weighted by molar-refractivity contribution is -0.132. The summed E-state index contributed by atoms with van der Waals surface area (Å²) in [6.07, 6.45) is 1.20. The predicted octanol–water partition coefficient (Wildman–Crippen LogP) is 5.11. The fourth-order valence-corrected chi connectivity index (χ4v) is 4.42. The van der Waals surface area contributed by atoms with Crippen LogP contribution in [-0.2, 0) is 27.4 Å². The maximum atomic E-state index is 11.3. The second kappa shape index (κ2) is 9.69. The topological polar surface area (TPSA) is 57.1 Å². The lowest BCUT2D eigenvalue weighted by atomic mass is 9.86. The molecule has 0 amide bonds. The summed E-state index contributed by atoms with van der Waals surface area (Å²) < 4.78 is 9.96. The van der Waals surface area contributed by atoms with Crippen LogP contribution in [-0.4, -0.2) is 25.9 Å². The van der Waals surface area contributed by atoms with E-state index in [1.807, 2.05) is 18.2 Å². The monoisotopic (exact) mass is 429 g/mol. The van der Waals surface area contributed by atoms with E-state index in [9.17, 15) is 4.79 Å². The SMILES string of the molecule is CC1Cc2ccccc2C1c1ccc2c(c1)CO2.CON=C(C(=O)OC)c1ccccc1. The van der Waals surface area contributed by atoms with Crippen molar-refractivity contribution < 1.29 is 19.1 Å². The highest BCUT2D eigenvalue weighted by atomic mass is 16.6. The van der Waals surface area contributed by atoms with Gasteiger partial charge in [0.2, 0.25) is 0 Å². The zero-order chi connectivity index (χ0) is 22.5. The number of ether oxygens (including phenoxy) is 2. The molecule has 5 rings (SSSR count). The Hall–Kier alpha value is -3.60. The van der Waals surface area contributed by atoms with Crippen LogP contribution in [0, 0.1) is 5.92 Å². The summed E-state index contributed by atoms with van der Waals surface area (Å²) in [7, 11) is 2.68. The number of nitrogens with zero attached hydrogens (tertiary/aromatic N) is 1. The maximum Gasteiger partial charge on any atom is 0.360 e. The van der Waals surface area contributed by atoms with Gasteiger partial charge in [0.1, 0.15) is 19.5 Å². The number of rotatable bonds is 4. The van der Waals surface area contributed by atoms with Crippen molar-refractivity contribution >= 4 is 11.7 Å². The minimum Gasteiger partial charge on any atom is -0.488 e. The first kappa shape index (κ1) is 21.6. The van der Waals surface area contributed by atoms with Crippen molar-refractivity contribution in [3.8, 4) is 5.75 Å². The van der Waals surface area contributed by atoms with Crippen LogP contribution in [0.1, 0.15) is 40.7 Å². The highest BCUT2D eigenvalue weighted by Gasteiger charge is 2.31. The minimum atomic E-state index is -0.516. The number of fused-ring (bicyclic) bond motifs is 2. The molecule has 0 saturated carbocycles. The first-order chi connectivity index (χ1) is 15.6. The van der Waals surface area contributed by atoms with E-state index in [2.05, 4.69) is 64.1 Å². The van der Waals surface area contributed by atoms with Crippen molar-refractivity contribution in [2.24, 2.45) is 11.1 Å². The molecular weight excluding hydrogens is 402 g/mol. The standard InChI is InChI=1S/C17H16O.C10H11NO3/c1-11-8-12-4-2-3-5-15(12)17(11)13-6-7-16-14(9-13)10-18-16;1-13-10(12)9(11-14-2)8-6-4-3-5-7-8/h2-7,9,11,17H,8,10H2,1H3;3-7H,1-2H3. The van der Waals surface area contributed by atoms with E-state index in [0.29, 0.717) is 17.4 Å². The number of carbonyl (C=O) groups excluding carboxylic acids is 1. The van der Waals surface area contributed by atoms with Gasteiger partial charge in [0.15, 0.2) is 5.71 Å². The van der Waals surface area contributed by atoms with Gasteiger partial charge in [0.05, 0.1) is 7.11 Å². The van der Waals surface area contributed by atoms with Gasteiger partial charge < -0.3 is 14.3 Å². The molecule has 32 heavy (non-hydrogen) atoms. The third kappa shape index (κ3) is 4.37. The Morgan fingerprint density at radius 1 is 0.969 bits per heavy atom. The predicted molar refractivity (Wildman–Crippen MR) is 124 cm³/mol. The molecule has 0 spiro atoms. The van der Waals surface area contributed by atoms with Crippen molar-refractivity contribution in [1.82, 2.24) is 0 Å². The van der Waals surface area contributed by atoms with E-state index in [1.165, 1.54) is 42.9 Å². The lowest BCUT2D eigenvalue weighted by Crippen LogP contribution is -2.17. The molecule has 1 aliphatic heterocycles. The van der Waals surface area contributed by atoms with E-state index in [-0.39, 0.29) is 5.71 Å². The van der Waals surface area contributed by atoms with E-state index in [1.54, 1.807) is 12.1 Å². The number of oxime groups is 1. The highest BCUT2D eigenvalue weighted by molar-refractivity contribution is 6.43. The molecule has 2 aliphatic rings. The zero-order valence-electron chi connectivity index (χ0n) is 18.6. The Kier molecular flexibility index (Phi) is 6.55. The molecule has 1 heterocycles. The largest absolute Gasteiger partial charge is 0.488 e. The molecular formula is C27H27NO4. The highest BCUT2D eigenvalue weighted by Crippen LogP contribution is 2.43. The van der Waals surface area contributed by atoms with Crippen molar-refractivity contribution in [2.45, 2.75) is 25.9 Å². The van der Waals surface area contributed by atoms with Gasteiger partial charge in [0, 0.05) is 17.0 Å². The van der Waals surface area contributed by atoms with Crippen molar-refractivity contribution in [3.63, 3.8) is 0 Å². The van der Waals surface area contributed by atoms with Crippen LogP contribution in [0.25, 0.3) is 0 Å². The summed E-state index contributed by atoms with van der Waals surface area (Å²) in [6.45, 7) is 3.15. The van der Waals surface area contributed by atoms with E-state index >= 15 is 0 Å². The molecule has 2 atom stereocenters. The normalized spacial score (nSPS) is 18.2. The smallest absolute Gasteiger partial charge is 0.360 e. The van der Waals surface area contributed by atoms with Gasteiger partial charge in [-0.3, -0.25) is 0 Å². The van der Waals surface area contributed by atoms with E-state index in [4.69, 9.17) is 4.74 Å². The Morgan fingerprint density at radius 2 is 1.72 bits per heavy atom. The molecule has 0 aromatic heterocycles. The third-order valence-electron chi connectivity index (χ3n) is 5.94. The molecule has 0 fully saturated rings. The van der Waals surface area contributed by atoms with Crippen LogP contribution in [0.2, 0.25) is 0 Å². The molecule has 164 valence electrons. The number of carbonyl (C=O) groups is 1. The van der Waals surface area contributed by atoms with Crippen molar-refractivity contribution in [2.75, 3.05) is 14.2 Å². The van der Waals surface area contributed by atoms with Crippen LogP contribution in [0.3, 0.4) is 0 Å². The molecule has 0 N–H and O–H groups in total. The molecule has 2 unspecified atom stereocenters. The van der Waals surface area contributed by atoms with Crippen molar-refractivity contribution in [3.05, 3.63) is 101 Å². The van der Waals surface area contributed by atoms with Gasteiger partial charge in [-0.2, -0.15) is 0 Å². The Morgan fingerprint density at radius 3 is 2.38 bits per heavy atom. The molecule has 3 aromatic rings. The summed E-state index contributed by atoms with van der Waals surface area (Å²) >= 11 is 0. The quantitative estimate of drug-likeness (QED) is 0.328. The fourth-order valence-electron chi connectivity index (χ4n) is 4.42. The number of methoxy groups -OCH3 is 1. The van der Waals surface area contributed by atoms with Crippen LogP contribution < -0.4 is 4.74 Å². The summed E-state index contributed by atoms with van der Waals surface area (Å²) in [5, 5.41) is 3.61. The van der Waals surface area contributed by atoms with Gasteiger partial charge in [-0.15, -0.1) is 0 Å². The third-order valence-corrected chi connectivity index (χ3v) is 5.94. The van der Waals surface area contributed by atoms with Gasteiger partial charge in [-0.1, -0.05) is 72.7 Å². The Balaban J connectivity index is 0.000000159. The summed E-state index contributed by atoms with van der Waals surface area (Å²) in [6, 6.07) is 24.6. The zero-order valence-corrected chi connectivity index (χ0v) is 18.6. The van der Waals surface area contributed by atoms with E-state index in [0.717, 1.165) is 12.4 Å². The first-order valence-corrected chi connectivity index (χ1v) is 10.7. The molecule has 0 bridgehead atoms. The second-order valence-electron chi connectivity index (χ2n) is 7.99. The van der Waals surface area contributed by atoms with Gasteiger partial charge >= 0.3 is 5.97 Å². The number of hydrogen-bond donors (Lipinski definition) is 0. The minimum absolute atomic E-state index is 0.163. The van der Waals surface area contributed by atoms with Crippen LogP contribution in [0.5, 0.6) is 5.75 Å². The Labute approximate surface area is 188 Å². The van der Waals surface area contributed by atoms with Crippen LogP contribution in [0.4, 0.5) is 0 Å². The molecule has 3 aromatic carbocycles. The first-order valence-electron chi connectivity index (χ1n) is 10.7.